The molecule has 1 N–H and O–H groups in total. The van der Waals surface area contributed by atoms with Gasteiger partial charge in [0, 0.05) is 24.8 Å². The van der Waals surface area contributed by atoms with Gasteiger partial charge in [-0.2, -0.15) is 5.26 Å². The van der Waals surface area contributed by atoms with Crippen molar-refractivity contribution in [3.63, 3.8) is 0 Å². The van der Waals surface area contributed by atoms with Crippen LogP contribution in [-0.4, -0.2) is 19.8 Å². The van der Waals surface area contributed by atoms with E-state index in [-0.39, 0.29) is 5.56 Å². The summed E-state index contributed by atoms with van der Waals surface area (Å²) in [5.41, 5.74) is 0.859. The van der Waals surface area contributed by atoms with Crippen LogP contribution in [0.15, 0.2) is 18.2 Å². The SMILES string of the molecule is N#Cc1cc(NCC2CCOC2)ccc1F. The number of nitriles is 1. The maximum absolute atomic E-state index is 13.0. The van der Waals surface area contributed by atoms with Crippen molar-refractivity contribution in [3.05, 3.63) is 29.6 Å². The summed E-state index contributed by atoms with van der Waals surface area (Å²) in [6, 6.07) is 6.31. The fourth-order valence-corrected chi connectivity index (χ4v) is 1.73. The first-order valence-electron chi connectivity index (χ1n) is 5.31. The Morgan fingerprint density at radius 3 is 3.12 bits per heavy atom. The molecule has 0 amide bonds. The number of nitrogens with zero attached hydrogens (tertiary/aromatic N) is 1. The lowest BCUT2D eigenvalue weighted by molar-refractivity contribution is 0.187. The number of benzene rings is 1. The van der Waals surface area contributed by atoms with Crippen LogP contribution in [0.2, 0.25) is 0 Å². The number of rotatable bonds is 3. The number of hydrogen-bond acceptors (Lipinski definition) is 3. The number of ether oxygens (including phenoxy) is 1. The van der Waals surface area contributed by atoms with Gasteiger partial charge in [-0.3, -0.25) is 0 Å². The van der Waals surface area contributed by atoms with Crippen LogP contribution in [0, 0.1) is 23.1 Å². The molecule has 3 nitrogen and oxygen atoms in total. The van der Waals surface area contributed by atoms with E-state index in [1.54, 1.807) is 6.07 Å². The molecule has 16 heavy (non-hydrogen) atoms. The molecule has 1 aliphatic rings. The largest absolute Gasteiger partial charge is 0.385 e. The zero-order valence-corrected chi connectivity index (χ0v) is 8.87. The summed E-state index contributed by atoms with van der Waals surface area (Å²) in [5, 5.41) is 11.9. The minimum absolute atomic E-state index is 0.0765. The Morgan fingerprint density at radius 1 is 1.56 bits per heavy atom. The molecular weight excluding hydrogens is 207 g/mol. The molecule has 1 saturated heterocycles. The maximum Gasteiger partial charge on any atom is 0.141 e. The monoisotopic (exact) mass is 220 g/mol. The first-order chi connectivity index (χ1) is 7.79. The Bertz CT molecular complexity index is 408. The van der Waals surface area contributed by atoms with Gasteiger partial charge < -0.3 is 10.1 Å². The third-order valence-electron chi connectivity index (χ3n) is 2.71. The quantitative estimate of drug-likeness (QED) is 0.848. The summed E-state index contributed by atoms with van der Waals surface area (Å²) in [4.78, 5) is 0. The molecule has 0 bridgehead atoms. The molecule has 84 valence electrons. The van der Waals surface area contributed by atoms with E-state index < -0.39 is 5.82 Å². The Kier molecular flexibility index (Phi) is 3.37. The summed E-state index contributed by atoms with van der Waals surface area (Å²) in [7, 11) is 0. The second-order valence-electron chi connectivity index (χ2n) is 3.92. The van der Waals surface area contributed by atoms with E-state index in [0.29, 0.717) is 5.92 Å². The highest BCUT2D eigenvalue weighted by Gasteiger charge is 2.15. The van der Waals surface area contributed by atoms with Crippen LogP contribution >= 0.6 is 0 Å². The van der Waals surface area contributed by atoms with Gasteiger partial charge in [0.05, 0.1) is 12.2 Å². The number of nitrogens with one attached hydrogen (secondary N) is 1. The van der Waals surface area contributed by atoms with Gasteiger partial charge in [0.25, 0.3) is 0 Å². The zero-order valence-electron chi connectivity index (χ0n) is 8.87. The lowest BCUT2D eigenvalue weighted by Crippen LogP contribution is -2.14. The fraction of sp³-hybridized carbons (Fsp3) is 0.417. The Morgan fingerprint density at radius 2 is 2.44 bits per heavy atom. The highest BCUT2D eigenvalue weighted by Crippen LogP contribution is 2.17. The van der Waals surface area contributed by atoms with Crippen molar-refractivity contribution in [2.75, 3.05) is 25.1 Å². The highest BCUT2D eigenvalue weighted by molar-refractivity contribution is 5.49. The van der Waals surface area contributed by atoms with Crippen molar-refractivity contribution in [2.24, 2.45) is 5.92 Å². The molecule has 1 aliphatic heterocycles. The molecule has 1 aromatic carbocycles. The first-order valence-corrected chi connectivity index (χ1v) is 5.31. The number of halogens is 1. The maximum atomic E-state index is 13.0. The molecule has 0 saturated carbocycles. The summed E-state index contributed by atoms with van der Waals surface area (Å²) >= 11 is 0. The molecule has 0 spiro atoms. The average Bonchev–Trinajstić information content (AvgIpc) is 2.81. The van der Waals surface area contributed by atoms with Crippen LogP contribution in [-0.2, 0) is 4.74 Å². The van der Waals surface area contributed by atoms with Gasteiger partial charge in [0.2, 0.25) is 0 Å². The third kappa shape index (κ3) is 2.50. The smallest absolute Gasteiger partial charge is 0.141 e. The van der Waals surface area contributed by atoms with Crippen molar-refractivity contribution in [3.8, 4) is 6.07 Å². The van der Waals surface area contributed by atoms with E-state index in [4.69, 9.17) is 10.00 Å². The van der Waals surface area contributed by atoms with E-state index in [1.165, 1.54) is 12.1 Å². The topological polar surface area (TPSA) is 45.0 Å². The van der Waals surface area contributed by atoms with Crippen LogP contribution in [0.4, 0.5) is 10.1 Å². The summed E-state index contributed by atoms with van der Waals surface area (Å²) in [6.07, 6.45) is 1.05. The lowest BCUT2D eigenvalue weighted by atomic mass is 10.1. The minimum atomic E-state index is -0.475. The molecule has 1 unspecified atom stereocenters. The second-order valence-corrected chi connectivity index (χ2v) is 3.92. The average molecular weight is 220 g/mol. The van der Waals surface area contributed by atoms with Gasteiger partial charge in [0.1, 0.15) is 11.9 Å². The predicted molar refractivity (Wildman–Crippen MR) is 58.5 cm³/mol. The van der Waals surface area contributed by atoms with Crippen molar-refractivity contribution >= 4 is 5.69 Å². The zero-order chi connectivity index (χ0) is 11.4. The molecule has 1 fully saturated rings. The minimum Gasteiger partial charge on any atom is -0.385 e. The van der Waals surface area contributed by atoms with E-state index in [9.17, 15) is 4.39 Å². The third-order valence-corrected chi connectivity index (χ3v) is 2.71. The molecule has 4 heteroatoms. The molecule has 0 aromatic heterocycles. The summed E-state index contributed by atoms with van der Waals surface area (Å²) in [6.45, 7) is 2.40. The molecule has 1 atom stereocenters. The van der Waals surface area contributed by atoms with Crippen LogP contribution < -0.4 is 5.32 Å². The molecule has 0 radical (unpaired) electrons. The lowest BCUT2D eigenvalue weighted by Gasteiger charge is -2.10. The van der Waals surface area contributed by atoms with Gasteiger partial charge in [-0.25, -0.2) is 4.39 Å². The Hall–Kier alpha value is -1.60. The van der Waals surface area contributed by atoms with Gasteiger partial charge in [-0.05, 0) is 24.6 Å². The van der Waals surface area contributed by atoms with Gasteiger partial charge in [-0.15, -0.1) is 0 Å². The van der Waals surface area contributed by atoms with Crippen molar-refractivity contribution < 1.29 is 9.13 Å². The molecule has 0 aliphatic carbocycles. The van der Waals surface area contributed by atoms with Crippen molar-refractivity contribution in [1.29, 1.82) is 5.26 Å². The van der Waals surface area contributed by atoms with E-state index in [1.807, 2.05) is 6.07 Å². The first kappa shape index (κ1) is 10.9. The number of anilines is 1. The summed E-state index contributed by atoms with van der Waals surface area (Å²) in [5.74, 6) is 0.0350. The van der Waals surface area contributed by atoms with Gasteiger partial charge >= 0.3 is 0 Å². The normalized spacial score (nSPS) is 19.4. The molecular formula is C12H13FN2O. The Labute approximate surface area is 93.8 Å². The van der Waals surface area contributed by atoms with Crippen LogP contribution in [0.5, 0.6) is 0 Å². The van der Waals surface area contributed by atoms with E-state index in [0.717, 1.165) is 31.9 Å². The van der Waals surface area contributed by atoms with Crippen molar-refractivity contribution in [1.82, 2.24) is 0 Å². The standard InChI is InChI=1S/C12H13FN2O/c13-12-2-1-11(5-10(12)6-14)15-7-9-3-4-16-8-9/h1-2,5,9,15H,3-4,7-8H2. The molecule has 1 aromatic rings. The summed E-state index contributed by atoms with van der Waals surface area (Å²) < 4.78 is 18.3. The van der Waals surface area contributed by atoms with E-state index in [2.05, 4.69) is 5.32 Å². The molecule has 1 heterocycles. The predicted octanol–water partition coefficient (Wildman–Crippen LogP) is 2.15. The Balaban J connectivity index is 1.96. The second kappa shape index (κ2) is 4.95. The van der Waals surface area contributed by atoms with Gasteiger partial charge in [-0.1, -0.05) is 0 Å². The highest BCUT2D eigenvalue weighted by atomic mass is 19.1. The number of hydrogen-bond donors (Lipinski definition) is 1. The van der Waals surface area contributed by atoms with E-state index >= 15 is 0 Å². The fourth-order valence-electron chi connectivity index (χ4n) is 1.73. The van der Waals surface area contributed by atoms with Crippen molar-refractivity contribution in [2.45, 2.75) is 6.42 Å². The van der Waals surface area contributed by atoms with Crippen LogP contribution in [0.25, 0.3) is 0 Å². The molecule has 2 rings (SSSR count). The van der Waals surface area contributed by atoms with Crippen LogP contribution in [0.1, 0.15) is 12.0 Å². The van der Waals surface area contributed by atoms with Crippen LogP contribution in [0.3, 0.4) is 0 Å². The van der Waals surface area contributed by atoms with Gasteiger partial charge in [0.15, 0.2) is 0 Å².